The topological polar surface area (TPSA) is 34.1 Å². The molecule has 1 aromatic carbocycles. The van der Waals surface area contributed by atoms with E-state index >= 15 is 0 Å². The van der Waals surface area contributed by atoms with E-state index in [0.29, 0.717) is 30.6 Å². The van der Waals surface area contributed by atoms with Crippen molar-refractivity contribution < 1.29 is 4.74 Å². The van der Waals surface area contributed by atoms with Crippen LogP contribution in [-0.4, -0.2) is 24.7 Å². The van der Waals surface area contributed by atoms with Crippen molar-refractivity contribution in [2.75, 3.05) is 19.7 Å². The zero-order chi connectivity index (χ0) is 14.5. The lowest BCUT2D eigenvalue weighted by molar-refractivity contribution is 0.318. The number of hydrogen-bond acceptors (Lipinski definition) is 3. The Balaban J connectivity index is 2.27. The van der Waals surface area contributed by atoms with Crippen molar-refractivity contribution in [3.05, 3.63) is 32.3 Å². The highest BCUT2D eigenvalue weighted by atomic mass is 79.9. The monoisotopic (exact) mass is 416 g/mol. The molecule has 20 heavy (non-hydrogen) atoms. The van der Waals surface area contributed by atoms with Gasteiger partial charge >= 0.3 is 0 Å². The summed E-state index contributed by atoms with van der Waals surface area (Å²) in [5.41, 5.74) is 0.718. The van der Waals surface area contributed by atoms with Crippen molar-refractivity contribution in [3.63, 3.8) is 0 Å². The summed E-state index contributed by atoms with van der Waals surface area (Å²) in [5.74, 6) is 3.18. The smallest absolute Gasteiger partial charge is 0.159 e. The first-order valence-electron chi connectivity index (χ1n) is 5.84. The van der Waals surface area contributed by atoms with E-state index in [1.807, 2.05) is 12.1 Å². The molecule has 0 amide bonds. The predicted molar refractivity (Wildman–Crippen MR) is 89.4 cm³/mol. The number of hydrogen-bond donors (Lipinski definition) is 1. The van der Waals surface area contributed by atoms with Gasteiger partial charge in [-0.25, -0.2) is 4.98 Å². The minimum atomic E-state index is 0.429. The lowest BCUT2D eigenvalue weighted by Gasteiger charge is -2.12. The van der Waals surface area contributed by atoms with E-state index in [1.165, 1.54) is 0 Å². The number of rotatable bonds is 5. The van der Waals surface area contributed by atoms with Crippen LogP contribution in [0, 0.1) is 12.3 Å². The van der Waals surface area contributed by atoms with E-state index in [9.17, 15) is 0 Å². The van der Waals surface area contributed by atoms with Crippen LogP contribution in [-0.2, 0) is 0 Å². The van der Waals surface area contributed by atoms with Crippen LogP contribution in [0.2, 0.25) is 5.15 Å². The Morgan fingerprint density at radius 1 is 1.35 bits per heavy atom. The lowest BCUT2D eigenvalue weighted by atomic mass is 10.2. The van der Waals surface area contributed by atoms with Crippen molar-refractivity contribution in [1.82, 2.24) is 10.3 Å². The second-order valence-electron chi connectivity index (χ2n) is 3.93. The van der Waals surface area contributed by atoms with Gasteiger partial charge in [-0.3, -0.25) is 0 Å². The number of ether oxygens (including phenoxy) is 1. The summed E-state index contributed by atoms with van der Waals surface area (Å²) >= 11 is 13.0. The van der Waals surface area contributed by atoms with Crippen molar-refractivity contribution >= 4 is 54.4 Å². The molecule has 0 spiro atoms. The Morgan fingerprint density at radius 2 is 2.15 bits per heavy atom. The van der Waals surface area contributed by atoms with E-state index < -0.39 is 0 Å². The van der Waals surface area contributed by atoms with E-state index in [-0.39, 0.29) is 0 Å². The molecule has 0 atom stereocenters. The van der Waals surface area contributed by atoms with Gasteiger partial charge in [-0.05, 0) is 34.1 Å². The first-order valence-corrected chi connectivity index (χ1v) is 7.81. The fourth-order valence-electron chi connectivity index (χ4n) is 1.69. The lowest BCUT2D eigenvalue weighted by Crippen LogP contribution is -2.21. The predicted octanol–water partition coefficient (Wildman–Crippen LogP) is 4.01. The molecule has 2 rings (SSSR count). The fourth-order valence-corrected chi connectivity index (χ4v) is 3.23. The van der Waals surface area contributed by atoms with Crippen molar-refractivity contribution in [2.45, 2.75) is 0 Å². The van der Waals surface area contributed by atoms with E-state index in [1.54, 1.807) is 6.07 Å². The Morgan fingerprint density at radius 3 is 2.90 bits per heavy atom. The molecule has 0 radical (unpaired) electrons. The molecule has 0 aliphatic carbocycles. The molecule has 0 bridgehead atoms. The average molecular weight is 419 g/mol. The van der Waals surface area contributed by atoms with Gasteiger partial charge in [0.15, 0.2) is 5.75 Å². The zero-order valence-corrected chi connectivity index (χ0v) is 14.3. The van der Waals surface area contributed by atoms with Gasteiger partial charge in [-0.1, -0.05) is 33.5 Å². The van der Waals surface area contributed by atoms with Crippen LogP contribution in [0.5, 0.6) is 5.75 Å². The third kappa shape index (κ3) is 3.64. The van der Waals surface area contributed by atoms with Crippen LogP contribution in [0.15, 0.2) is 27.1 Å². The van der Waals surface area contributed by atoms with Gasteiger partial charge in [0.05, 0.1) is 11.0 Å². The SMILES string of the molecule is C#CCNCCOc1c(Br)cc(Br)c2ccc(Cl)nc12. The minimum absolute atomic E-state index is 0.429. The van der Waals surface area contributed by atoms with Crippen molar-refractivity contribution in [2.24, 2.45) is 0 Å². The Bertz CT molecular complexity index is 670. The van der Waals surface area contributed by atoms with Gasteiger partial charge < -0.3 is 10.1 Å². The molecule has 104 valence electrons. The Hall–Kier alpha value is -0.800. The molecule has 0 saturated carbocycles. The summed E-state index contributed by atoms with van der Waals surface area (Å²) < 4.78 is 7.54. The number of nitrogens with zero attached hydrogens (tertiary/aromatic N) is 1. The molecular weight excluding hydrogens is 407 g/mol. The van der Waals surface area contributed by atoms with Gasteiger partial charge in [0.1, 0.15) is 17.3 Å². The highest BCUT2D eigenvalue weighted by Gasteiger charge is 2.12. The number of terminal acetylenes is 1. The van der Waals surface area contributed by atoms with Crippen molar-refractivity contribution in [3.8, 4) is 18.1 Å². The van der Waals surface area contributed by atoms with Crippen LogP contribution >= 0.6 is 43.5 Å². The van der Waals surface area contributed by atoms with Gasteiger partial charge in [0.25, 0.3) is 0 Å². The molecule has 0 fully saturated rings. The Kier molecular flexibility index (Phi) is 5.67. The standard InChI is InChI=1S/C14H11Br2ClN2O/c1-2-5-18-6-7-20-14-11(16)8-10(15)9-3-4-12(17)19-13(9)14/h1,3-4,8,18H,5-7H2. The van der Waals surface area contributed by atoms with Crippen LogP contribution in [0.3, 0.4) is 0 Å². The van der Waals surface area contributed by atoms with Gasteiger partial charge in [-0.15, -0.1) is 6.42 Å². The van der Waals surface area contributed by atoms with E-state index in [2.05, 4.69) is 48.1 Å². The second kappa shape index (κ2) is 7.28. The minimum Gasteiger partial charge on any atom is -0.489 e. The van der Waals surface area contributed by atoms with Gasteiger partial charge in [-0.2, -0.15) is 0 Å². The summed E-state index contributed by atoms with van der Waals surface area (Å²) in [6.45, 7) is 1.68. The molecule has 0 unspecified atom stereocenters. The van der Waals surface area contributed by atoms with Crippen LogP contribution in [0.4, 0.5) is 0 Å². The molecule has 1 heterocycles. The molecule has 3 nitrogen and oxygen atoms in total. The highest BCUT2D eigenvalue weighted by Crippen LogP contribution is 2.38. The molecule has 1 N–H and O–H groups in total. The average Bonchev–Trinajstić information content (AvgIpc) is 2.41. The number of benzene rings is 1. The molecule has 6 heteroatoms. The van der Waals surface area contributed by atoms with Crippen molar-refractivity contribution in [1.29, 1.82) is 0 Å². The summed E-state index contributed by atoms with van der Waals surface area (Å²) in [6.07, 6.45) is 5.16. The van der Waals surface area contributed by atoms with Gasteiger partial charge in [0, 0.05) is 16.4 Å². The third-order valence-corrected chi connectivity index (χ3v) is 4.01. The van der Waals surface area contributed by atoms with E-state index in [4.69, 9.17) is 22.8 Å². The first-order chi connectivity index (χ1) is 9.63. The molecule has 2 aromatic rings. The maximum absolute atomic E-state index is 5.97. The van der Waals surface area contributed by atoms with Crippen LogP contribution in [0.25, 0.3) is 10.9 Å². The number of halogens is 3. The molecule has 0 saturated heterocycles. The number of aromatic nitrogens is 1. The summed E-state index contributed by atoms with van der Waals surface area (Å²) in [6, 6.07) is 5.59. The second-order valence-corrected chi connectivity index (χ2v) is 6.02. The normalized spacial score (nSPS) is 10.5. The maximum Gasteiger partial charge on any atom is 0.159 e. The van der Waals surface area contributed by atoms with Crippen LogP contribution < -0.4 is 10.1 Å². The fraction of sp³-hybridized carbons (Fsp3) is 0.214. The van der Waals surface area contributed by atoms with Crippen LogP contribution in [0.1, 0.15) is 0 Å². The number of fused-ring (bicyclic) bond motifs is 1. The maximum atomic E-state index is 5.97. The Labute approximate surface area is 139 Å². The zero-order valence-electron chi connectivity index (χ0n) is 10.4. The largest absolute Gasteiger partial charge is 0.489 e. The highest BCUT2D eigenvalue weighted by molar-refractivity contribution is 9.11. The summed E-state index contributed by atoms with van der Waals surface area (Å²) in [5, 5.41) is 4.44. The third-order valence-electron chi connectivity index (χ3n) is 2.56. The number of pyridine rings is 1. The summed E-state index contributed by atoms with van der Waals surface area (Å²) in [4.78, 5) is 4.34. The number of nitrogens with one attached hydrogen (secondary N) is 1. The van der Waals surface area contributed by atoms with Gasteiger partial charge in [0.2, 0.25) is 0 Å². The van der Waals surface area contributed by atoms with E-state index in [0.717, 1.165) is 19.8 Å². The quantitative estimate of drug-likeness (QED) is 0.453. The molecular formula is C14H11Br2ClN2O. The molecule has 1 aromatic heterocycles. The molecule has 0 aliphatic heterocycles. The first kappa shape index (κ1) is 15.6. The summed E-state index contributed by atoms with van der Waals surface area (Å²) in [7, 11) is 0. The molecule has 0 aliphatic rings.